The Morgan fingerprint density at radius 1 is 1.12 bits per heavy atom. The van der Waals surface area contributed by atoms with Crippen molar-refractivity contribution in [2.45, 2.75) is 72.6 Å². The minimum Gasteiger partial charge on any atom is -0.332 e. The van der Waals surface area contributed by atoms with E-state index in [4.69, 9.17) is 14.6 Å². The van der Waals surface area contributed by atoms with Gasteiger partial charge in [-0.3, -0.25) is 4.68 Å². The van der Waals surface area contributed by atoms with Crippen LogP contribution in [0.15, 0.2) is 16.7 Å². The van der Waals surface area contributed by atoms with Crippen LogP contribution in [-0.4, -0.2) is 40.3 Å². The maximum Gasteiger partial charge on any atom is 0.279 e. The summed E-state index contributed by atoms with van der Waals surface area (Å²) in [6.07, 6.45) is 7.94. The molecular weight excluding hydrogens is 448 g/mol. The molecule has 3 aromatic rings. The lowest BCUT2D eigenvalue weighted by molar-refractivity contribution is 0.306. The summed E-state index contributed by atoms with van der Waals surface area (Å²) in [7, 11) is -0.884. The Labute approximate surface area is 202 Å². The number of nitrogens with zero attached hydrogens (tertiary/aromatic N) is 4. The molecule has 1 aliphatic carbocycles. The summed E-state index contributed by atoms with van der Waals surface area (Å²) < 4.78 is 30.3. The van der Waals surface area contributed by atoms with Crippen LogP contribution in [-0.2, 0) is 36.1 Å². The van der Waals surface area contributed by atoms with Crippen LogP contribution in [0.1, 0.15) is 67.5 Å². The molecule has 184 valence electrons. The monoisotopic (exact) mass is 484 g/mol. The van der Waals surface area contributed by atoms with E-state index in [9.17, 15) is 8.42 Å². The number of sulfone groups is 1. The van der Waals surface area contributed by atoms with Gasteiger partial charge in [0.15, 0.2) is 5.69 Å². The fourth-order valence-electron chi connectivity index (χ4n) is 5.06. The van der Waals surface area contributed by atoms with Gasteiger partial charge in [-0.15, -0.1) is 0 Å². The molecule has 0 N–H and O–H groups in total. The van der Waals surface area contributed by atoms with Crippen LogP contribution in [0.3, 0.4) is 0 Å². The van der Waals surface area contributed by atoms with Gasteiger partial charge in [0.25, 0.3) is 5.89 Å². The predicted octanol–water partition coefficient (Wildman–Crippen LogP) is 5.03. The van der Waals surface area contributed by atoms with E-state index in [-0.39, 0.29) is 11.2 Å². The van der Waals surface area contributed by atoms with E-state index in [1.54, 1.807) is 0 Å². The zero-order valence-electron chi connectivity index (χ0n) is 21.2. The Morgan fingerprint density at radius 3 is 2.50 bits per heavy atom. The summed E-state index contributed by atoms with van der Waals surface area (Å²) >= 11 is 0. The summed E-state index contributed by atoms with van der Waals surface area (Å²) in [5, 5.41) is 9.01. The van der Waals surface area contributed by atoms with Crippen LogP contribution < -0.4 is 0 Å². The summed E-state index contributed by atoms with van der Waals surface area (Å²) in [5.41, 5.74) is 8.23. The quantitative estimate of drug-likeness (QED) is 0.417. The number of hydrogen-bond acceptors (Lipinski definition) is 6. The molecule has 1 aromatic carbocycles. The van der Waals surface area contributed by atoms with Gasteiger partial charge in [0.2, 0.25) is 5.82 Å². The van der Waals surface area contributed by atoms with Gasteiger partial charge in [-0.1, -0.05) is 25.4 Å². The first-order valence-electron chi connectivity index (χ1n) is 12.1. The smallest absolute Gasteiger partial charge is 0.279 e. The average Bonchev–Trinajstić information content (AvgIpc) is 3.33. The predicted molar refractivity (Wildman–Crippen MR) is 134 cm³/mol. The number of rotatable bonds is 8. The van der Waals surface area contributed by atoms with Gasteiger partial charge < -0.3 is 4.52 Å². The molecule has 34 heavy (non-hydrogen) atoms. The first kappa shape index (κ1) is 24.6. The lowest BCUT2D eigenvalue weighted by Crippen LogP contribution is -2.23. The van der Waals surface area contributed by atoms with Crippen molar-refractivity contribution in [2.24, 2.45) is 12.5 Å². The first-order chi connectivity index (χ1) is 15.9. The van der Waals surface area contributed by atoms with Crippen LogP contribution >= 0.6 is 0 Å². The third-order valence-corrected chi connectivity index (χ3v) is 8.03. The van der Waals surface area contributed by atoms with Crippen molar-refractivity contribution in [3.63, 3.8) is 0 Å². The number of hydrogen-bond donors (Lipinski definition) is 0. The van der Waals surface area contributed by atoms with E-state index in [2.05, 4.69) is 45.0 Å². The van der Waals surface area contributed by atoms with Gasteiger partial charge in [-0.2, -0.15) is 10.1 Å². The summed E-state index contributed by atoms with van der Waals surface area (Å²) in [5.74, 6) is 1.33. The molecule has 2 aromatic heterocycles. The van der Waals surface area contributed by atoms with Gasteiger partial charge in [-0.25, -0.2) is 8.42 Å². The van der Waals surface area contributed by atoms with Gasteiger partial charge >= 0.3 is 0 Å². The van der Waals surface area contributed by atoms with Crippen LogP contribution in [0.2, 0.25) is 0 Å². The molecule has 0 saturated carbocycles. The summed E-state index contributed by atoms with van der Waals surface area (Å²) in [4.78, 5) is 4.72. The van der Waals surface area contributed by atoms with Crippen molar-refractivity contribution in [2.75, 3.05) is 12.0 Å². The van der Waals surface area contributed by atoms with Crippen molar-refractivity contribution in [3.05, 3.63) is 40.1 Å². The second-order valence-electron chi connectivity index (χ2n) is 10.7. The molecule has 0 atom stereocenters. The van der Waals surface area contributed by atoms with E-state index in [1.165, 1.54) is 34.2 Å². The molecule has 0 aliphatic heterocycles. The Kier molecular flexibility index (Phi) is 6.73. The number of aromatic nitrogens is 4. The second-order valence-corrected chi connectivity index (χ2v) is 13.0. The minimum atomic E-state index is -2.88. The van der Waals surface area contributed by atoms with E-state index >= 15 is 0 Å². The van der Waals surface area contributed by atoms with Crippen molar-refractivity contribution in [1.82, 2.24) is 19.9 Å². The first-order valence-corrected chi connectivity index (χ1v) is 14.2. The Balaban J connectivity index is 1.50. The normalized spacial score (nSPS) is 15.5. The number of fused-ring (bicyclic) bond motifs is 1. The van der Waals surface area contributed by atoms with E-state index in [0.717, 1.165) is 56.2 Å². The van der Waals surface area contributed by atoms with Gasteiger partial charge in [-0.05, 0) is 86.6 Å². The fourth-order valence-corrected chi connectivity index (χ4v) is 5.79. The van der Waals surface area contributed by atoms with E-state index in [1.807, 2.05) is 11.7 Å². The van der Waals surface area contributed by atoms with E-state index in [0.29, 0.717) is 11.7 Å². The van der Waals surface area contributed by atoms with Gasteiger partial charge in [0.1, 0.15) is 9.84 Å². The molecule has 0 saturated heterocycles. The van der Waals surface area contributed by atoms with Crippen molar-refractivity contribution in [1.29, 1.82) is 0 Å². The third-order valence-electron chi connectivity index (χ3n) is 7.00. The topological polar surface area (TPSA) is 90.9 Å². The van der Waals surface area contributed by atoms with Crippen LogP contribution in [0.4, 0.5) is 0 Å². The number of unbranched alkanes of at least 4 members (excludes halogenated alkanes) is 2. The number of aryl methyl sites for hydroxylation is 3. The van der Waals surface area contributed by atoms with Crippen LogP contribution in [0.5, 0.6) is 0 Å². The SMILES string of the molecule is Cc1cc(-c2noc(-c3nn(C)c4c3CCC(C)(C)C4)n2)cc(C)c1CCCCCS(C)(=O)=O. The second kappa shape index (κ2) is 9.29. The molecule has 2 heterocycles. The highest BCUT2D eigenvalue weighted by Gasteiger charge is 2.32. The molecular formula is C26H36N4O3S. The minimum absolute atomic E-state index is 0.265. The highest BCUT2D eigenvalue weighted by molar-refractivity contribution is 7.90. The molecule has 8 heteroatoms. The van der Waals surface area contributed by atoms with Crippen molar-refractivity contribution in [3.8, 4) is 23.0 Å². The number of benzene rings is 1. The lowest BCUT2D eigenvalue weighted by atomic mass is 9.76. The molecule has 0 spiro atoms. The average molecular weight is 485 g/mol. The van der Waals surface area contributed by atoms with E-state index < -0.39 is 9.84 Å². The van der Waals surface area contributed by atoms with Crippen LogP contribution in [0, 0.1) is 19.3 Å². The molecule has 0 fully saturated rings. The standard InChI is InChI=1S/C26H36N4O3S/c1-17-14-19(15-18(2)20(17)10-8-7-9-13-34(6,31)32)24-27-25(33-29-24)23-21-11-12-26(3,4)16-22(21)30(5)28-23/h14-15H,7-13,16H2,1-6H3. The highest BCUT2D eigenvalue weighted by atomic mass is 32.2. The largest absolute Gasteiger partial charge is 0.332 e. The molecule has 0 bridgehead atoms. The zero-order valence-corrected chi connectivity index (χ0v) is 22.0. The fraction of sp³-hybridized carbons (Fsp3) is 0.577. The molecule has 1 aliphatic rings. The van der Waals surface area contributed by atoms with Crippen LogP contribution in [0.25, 0.3) is 23.0 Å². The summed E-state index contributed by atoms with van der Waals surface area (Å²) in [6, 6.07) is 4.23. The van der Waals surface area contributed by atoms with Crippen molar-refractivity contribution >= 4 is 9.84 Å². The lowest BCUT2D eigenvalue weighted by Gasteiger charge is -2.29. The Morgan fingerprint density at radius 2 is 1.82 bits per heavy atom. The summed E-state index contributed by atoms with van der Waals surface area (Å²) in [6.45, 7) is 8.83. The maximum absolute atomic E-state index is 11.3. The van der Waals surface area contributed by atoms with Gasteiger partial charge in [0.05, 0.1) is 0 Å². The highest BCUT2D eigenvalue weighted by Crippen LogP contribution is 2.38. The molecule has 0 radical (unpaired) electrons. The Hall–Kier alpha value is -2.48. The zero-order chi connectivity index (χ0) is 24.7. The Bertz CT molecular complexity index is 1280. The third kappa shape index (κ3) is 5.43. The van der Waals surface area contributed by atoms with Crippen molar-refractivity contribution < 1.29 is 12.9 Å². The van der Waals surface area contributed by atoms with Gasteiger partial charge in [0, 0.05) is 35.9 Å². The molecule has 0 amide bonds. The molecule has 0 unspecified atom stereocenters. The molecule has 7 nitrogen and oxygen atoms in total. The molecule has 4 rings (SSSR count). The maximum atomic E-state index is 11.3.